The number of aromatic nitrogens is 1. The highest BCUT2D eigenvalue weighted by atomic mass is 35.5. The van der Waals surface area contributed by atoms with Crippen LogP contribution in [0.15, 0.2) is 48.7 Å². The second kappa shape index (κ2) is 8.67. The summed E-state index contributed by atoms with van der Waals surface area (Å²) >= 11 is 6.18. The summed E-state index contributed by atoms with van der Waals surface area (Å²) in [4.78, 5) is 19.0. The minimum atomic E-state index is -3.43. The van der Waals surface area contributed by atoms with Crippen molar-refractivity contribution in [3.8, 4) is 0 Å². The van der Waals surface area contributed by atoms with Gasteiger partial charge in [0, 0.05) is 31.3 Å². The standard InChI is InChI=1S/C23H27ClN2O3S/c24-22-19(9-6-12-25-22)17-26-13-14-30(28,29)23(16-21(26)27)11-5-4-10-20(23)15-18-7-2-1-3-8-18/h1-3,6-9,12,20H,4-5,10-11,13-17H2. The summed E-state index contributed by atoms with van der Waals surface area (Å²) in [6.07, 6.45) is 5.64. The molecule has 1 aromatic heterocycles. The molecule has 4 rings (SSSR count). The normalized spacial score (nSPS) is 26.5. The predicted molar refractivity (Wildman–Crippen MR) is 118 cm³/mol. The zero-order valence-corrected chi connectivity index (χ0v) is 18.5. The van der Waals surface area contributed by atoms with E-state index in [1.807, 2.05) is 36.4 Å². The van der Waals surface area contributed by atoms with Crippen molar-refractivity contribution in [1.29, 1.82) is 0 Å². The Morgan fingerprint density at radius 2 is 1.93 bits per heavy atom. The molecule has 0 N–H and O–H groups in total. The van der Waals surface area contributed by atoms with Gasteiger partial charge in [-0.1, -0.05) is 60.8 Å². The summed E-state index contributed by atoms with van der Waals surface area (Å²) in [5.41, 5.74) is 1.88. The summed E-state index contributed by atoms with van der Waals surface area (Å²) in [5, 5.41) is 0.353. The fourth-order valence-corrected chi connectivity index (χ4v) is 7.61. The summed E-state index contributed by atoms with van der Waals surface area (Å²) in [5.74, 6) is -0.137. The van der Waals surface area contributed by atoms with E-state index in [0.29, 0.717) is 24.5 Å². The molecule has 7 heteroatoms. The van der Waals surface area contributed by atoms with Gasteiger partial charge in [0.1, 0.15) is 5.15 Å². The number of pyridine rings is 1. The number of halogens is 1. The number of benzene rings is 1. The molecule has 30 heavy (non-hydrogen) atoms. The van der Waals surface area contributed by atoms with Gasteiger partial charge >= 0.3 is 0 Å². The Bertz CT molecular complexity index is 1010. The SMILES string of the molecule is O=C1CC2(CCCCC2Cc2ccccc2)S(=O)(=O)CCN1Cc1cccnc1Cl. The van der Waals surface area contributed by atoms with Gasteiger partial charge in [-0.3, -0.25) is 4.79 Å². The van der Waals surface area contributed by atoms with Gasteiger partial charge < -0.3 is 4.90 Å². The van der Waals surface area contributed by atoms with Crippen molar-refractivity contribution in [2.24, 2.45) is 5.92 Å². The first-order chi connectivity index (χ1) is 14.4. The monoisotopic (exact) mass is 446 g/mol. The van der Waals surface area contributed by atoms with Crippen molar-refractivity contribution >= 4 is 27.3 Å². The lowest BCUT2D eigenvalue weighted by molar-refractivity contribution is -0.132. The first-order valence-electron chi connectivity index (χ1n) is 10.5. The maximum atomic E-state index is 13.6. The lowest BCUT2D eigenvalue weighted by Crippen LogP contribution is -2.50. The number of hydrogen-bond donors (Lipinski definition) is 0. The molecule has 2 heterocycles. The van der Waals surface area contributed by atoms with Gasteiger partial charge in [0.2, 0.25) is 5.91 Å². The molecule has 1 saturated carbocycles. The van der Waals surface area contributed by atoms with E-state index in [9.17, 15) is 13.2 Å². The molecule has 2 atom stereocenters. The van der Waals surface area contributed by atoms with Crippen LogP contribution in [0.5, 0.6) is 0 Å². The molecule has 2 aliphatic rings. The number of rotatable bonds is 4. The number of amides is 1. The van der Waals surface area contributed by atoms with Gasteiger partial charge in [-0.25, -0.2) is 13.4 Å². The van der Waals surface area contributed by atoms with Crippen LogP contribution in [0.2, 0.25) is 5.15 Å². The van der Waals surface area contributed by atoms with E-state index >= 15 is 0 Å². The van der Waals surface area contributed by atoms with E-state index in [4.69, 9.17) is 11.6 Å². The molecule has 1 amide bonds. The van der Waals surface area contributed by atoms with Gasteiger partial charge in [0.25, 0.3) is 0 Å². The van der Waals surface area contributed by atoms with Crippen LogP contribution < -0.4 is 0 Å². The van der Waals surface area contributed by atoms with Crippen molar-refractivity contribution in [3.05, 3.63) is 64.9 Å². The molecule has 5 nitrogen and oxygen atoms in total. The average Bonchev–Trinajstić information content (AvgIpc) is 2.82. The number of hydrogen-bond acceptors (Lipinski definition) is 4. The van der Waals surface area contributed by atoms with Crippen LogP contribution in [0.4, 0.5) is 0 Å². The van der Waals surface area contributed by atoms with Crippen molar-refractivity contribution in [2.45, 2.75) is 49.8 Å². The fraction of sp³-hybridized carbons (Fsp3) is 0.478. The smallest absolute Gasteiger partial charge is 0.224 e. The van der Waals surface area contributed by atoms with Crippen molar-refractivity contribution in [2.75, 3.05) is 12.3 Å². The molecule has 160 valence electrons. The number of nitrogens with zero attached hydrogens (tertiary/aromatic N) is 2. The Balaban J connectivity index is 1.63. The van der Waals surface area contributed by atoms with E-state index in [-0.39, 0.29) is 30.5 Å². The highest BCUT2D eigenvalue weighted by Gasteiger charge is 2.53. The minimum absolute atomic E-state index is 0.00190. The van der Waals surface area contributed by atoms with E-state index in [2.05, 4.69) is 4.98 Å². The molecular weight excluding hydrogens is 420 g/mol. The van der Waals surface area contributed by atoms with E-state index < -0.39 is 14.6 Å². The second-order valence-electron chi connectivity index (χ2n) is 8.46. The third-order valence-electron chi connectivity index (χ3n) is 6.72. The Morgan fingerprint density at radius 1 is 1.13 bits per heavy atom. The zero-order chi connectivity index (χ0) is 21.2. The minimum Gasteiger partial charge on any atom is -0.337 e. The molecule has 2 fully saturated rings. The third-order valence-corrected chi connectivity index (χ3v) is 9.70. The Morgan fingerprint density at radius 3 is 2.70 bits per heavy atom. The second-order valence-corrected chi connectivity index (χ2v) is 11.3. The lowest BCUT2D eigenvalue weighted by atomic mass is 9.73. The van der Waals surface area contributed by atoms with Crippen molar-refractivity contribution in [1.82, 2.24) is 9.88 Å². The van der Waals surface area contributed by atoms with E-state index in [1.165, 1.54) is 0 Å². The number of carbonyl (C=O) groups is 1. The van der Waals surface area contributed by atoms with Crippen LogP contribution >= 0.6 is 11.6 Å². The number of carbonyl (C=O) groups excluding carboxylic acids is 1. The van der Waals surface area contributed by atoms with Gasteiger partial charge in [-0.2, -0.15) is 0 Å². The maximum absolute atomic E-state index is 13.6. The molecule has 1 aliphatic heterocycles. The van der Waals surface area contributed by atoms with Crippen LogP contribution in [0.1, 0.15) is 43.2 Å². The van der Waals surface area contributed by atoms with Crippen molar-refractivity contribution < 1.29 is 13.2 Å². The highest BCUT2D eigenvalue weighted by Crippen LogP contribution is 2.46. The summed E-state index contributed by atoms with van der Waals surface area (Å²) < 4.78 is 26.2. The lowest BCUT2D eigenvalue weighted by Gasteiger charge is -2.42. The molecule has 2 unspecified atom stereocenters. The van der Waals surface area contributed by atoms with Gasteiger partial charge in [-0.05, 0) is 36.8 Å². The zero-order valence-electron chi connectivity index (χ0n) is 17.0. The van der Waals surface area contributed by atoms with Crippen LogP contribution in [0, 0.1) is 5.92 Å². The molecule has 1 saturated heterocycles. The molecule has 2 aromatic rings. The highest BCUT2D eigenvalue weighted by molar-refractivity contribution is 7.92. The maximum Gasteiger partial charge on any atom is 0.224 e. The Labute approximate surface area is 183 Å². The van der Waals surface area contributed by atoms with Gasteiger partial charge in [0.15, 0.2) is 9.84 Å². The first kappa shape index (κ1) is 21.3. The summed E-state index contributed by atoms with van der Waals surface area (Å²) in [6, 6.07) is 13.6. The van der Waals surface area contributed by atoms with Crippen LogP contribution in [-0.2, 0) is 27.6 Å². The average molecular weight is 447 g/mol. The summed E-state index contributed by atoms with van der Waals surface area (Å²) in [6.45, 7) is 0.493. The van der Waals surface area contributed by atoms with E-state index in [1.54, 1.807) is 17.2 Å². The third kappa shape index (κ3) is 4.12. The first-order valence-corrected chi connectivity index (χ1v) is 12.6. The molecule has 1 spiro atoms. The molecule has 1 aliphatic carbocycles. The molecule has 0 bridgehead atoms. The van der Waals surface area contributed by atoms with Crippen molar-refractivity contribution in [3.63, 3.8) is 0 Å². The molecular formula is C23H27ClN2O3S. The quantitative estimate of drug-likeness (QED) is 0.664. The van der Waals surface area contributed by atoms with Crippen LogP contribution in [0.3, 0.4) is 0 Å². The topological polar surface area (TPSA) is 67.3 Å². The number of sulfone groups is 1. The van der Waals surface area contributed by atoms with Crippen LogP contribution in [-0.4, -0.2) is 41.3 Å². The molecule has 0 radical (unpaired) electrons. The Hall–Kier alpha value is -1.92. The Kier molecular flexibility index (Phi) is 6.16. The van der Waals surface area contributed by atoms with Gasteiger partial charge in [0.05, 0.1) is 10.5 Å². The van der Waals surface area contributed by atoms with Crippen LogP contribution in [0.25, 0.3) is 0 Å². The van der Waals surface area contributed by atoms with Gasteiger partial charge in [-0.15, -0.1) is 0 Å². The fourth-order valence-electron chi connectivity index (χ4n) is 5.06. The largest absolute Gasteiger partial charge is 0.337 e. The van der Waals surface area contributed by atoms with E-state index in [0.717, 1.165) is 30.4 Å². The molecule has 1 aromatic carbocycles. The summed E-state index contributed by atoms with van der Waals surface area (Å²) in [7, 11) is -3.43. The predicted octanol–water partition coefficient (Wildman–Crippen LogP) is 4.05.